The lowest BCUT2D eigenvalue weighted by molar-refractivity contribution is 0.520. The highest BCUT2D eigenvalue weighted by Gasteiger charge is 2.06. The Balaban J connectivity index is 2.42. The van der Waals surface area contributed by atoms with E-state index in [1.807, 2.05) is 0 Å². The second kappa shape index (κ2) is 3.00. The van der Waals surface area contributed by atoms with Crippen LogP contribution in [0.1, 0.15) is 32.6 Å². The van der Waals surface area contributed by atoms with Crippen LogP contribution in [0, 0.1) is 5.92 Å². The van der Waals surface area contributed by atoms with Crippen LogP contribution in [0.5, 0.6) is 0 Å². The Morgan fingerprint density at radius 2 is 2.44 bits per heavy atom. The zero-order chi connectivity index (χ0) is 6.69. The van der Waals surface area contributed by atoms with Crippen LogP contribution in [0.15, 0.2) is 11.9 Å². The molecule has 1 atom stereocenters. The van der Waals surface area contributed by atoms with E-state index in [0.29, 0.717) is 12.3 Å². The fourth-order valence-electron chi connectivity index (χ4n) is 1.17. The molecule has 1 unspecified atom stereocenters. The first-order chi connectivity index (χ1) is 4.29. The molecule has 1 rings (SSSR count). The van der Waals surface area contributed by atoms with Gasteiger partial charge in [0.05, 0.1) is 5.83 Å². The normalized spacial score (nSPS) is 29.1. The Kier molecular flexibility index (Phi) is 2.26. The van der Waals surface area contributed by atoms with Crippen molar-refractivity contribution < 1.29 is 4.39 Å². The van der Waals surface area contributed by atoms with E-state index in [1.165, 1.54) is 6.42 Å². The predicted molar refractivity (Wildman–Crippen MR) is 36.8 cm³/mol. The van der Waals surface area contributed by atoms with Gasteiger partial charge in [-0.15, -0.1) is 0 Å². The van der Waals surface area contributed by atoms with Gasteiger partial charge in [0, 0.05) is 0 Å². The highest BCUT2D eigenvalue weighted by atomic mass is 19.1. The maximum Gasteiger partial charge on any atom is 0.0959 e. The molecule has 0 aromatic carbocycles. The quantitative estimate of drug-likeness (QED) is 0.470. The van der Waals surface area contributed by atoms with Gasteiger partial charge in [-0.3, -0.25) is 0 Å². The van der Waals surface area contributed by atoms with Gasteiger partial charge in [-0.05, 0) is 25.2 Å². The summed E-state index contributed by atoms with van der Waals surface area (Å²) in [4.78, 5) is 0. The molecule has 0 fully saturated rings. The molecule has 0 bridgehead atoms. The molecule has 1 aliphatic rings. The molecule has 0 aliphatic heterocycles. The summed E-state index contributed by atoms with van der Waals surface area (Å²) in [5, 5.41) is 0. The molecule has 0 saturated carbocycles. The summed E-state index contributed by atoms with van der Waals surface area (Å²) in [6.07, 6.45) is 5.56. The van der Waals surface area contributed by atoms with E-state index in [-0.39, 0.29) is 5.83 Å². The SMILES string of the molecule is CC1CC=C(F)CCC1. The summed E-state index contributed by atoms with van der Waals surface area (Å²) in [6.45, 7) is 2.18. The Labute approximate surface area is 55.8 Å². The van der Waals surface area contributed by atoms with Crippen LogP contribution in [0.2, 0.25) is 0 Å². The molecule has 1 aliphatic carbocycles. The molecule has 0 spiro atoms. The van der Waals surface area contributed by atoms with Crippen molar-refractivity contribution in [2.45, 2.75) is 32.6 Å². The second-order valence-corrected chi connectivity index (χ2v) is 2.88. The van der Waals surface area contributed by atoms with Crippen molar-refractivity contribution in [1.82, 2.24) is 0 Å². The minimum Gasteiger partial charge on any atom is -0.212 e. The summed E-state index contributed by atoms with van der Waals surface area (Å²) >= 11 is 0. The first kappa shape index (κ1) is 6.79. The van der Waals surface area contributed by atoms with Crippen LogP contribution in [-0.2, 0) is 0 Å². The van der Waals surface area contributed by atoms with Crippen molar-refractivity contribution in [2.24, 2.45) is 5.92 Å². The third kappa shape index (κ3) is 2.17. The van der Waals surface area contributed by atoms with E-state index in [0.717, 1.165) is 12.8 Å². The van der Waals surface area contributed by atoms with Crippen molar-refractivity contribution in [2.75, 3.05) is 0 Å². The minimum atomic E-state index is 0.0966. The molecule has 0 aromatic rings. The highest BCUT2D eigenvalue weighted by Crippen LogP contribution is 2.21. The van der Waals surface area contributed by atoms with Crippen molar-refractivity contribution in [1.29, 1.82) is 0 Å². The monoisotopic (exact) mass is 128 g/mol. The molecule has 0 radical (unpaired) electrons. The third-order valence-electron chi connectivity index (χ3n) is 1.85. The lowest BCUT2D eigenvalue weighted by atomic mass is 10.0. The summed E-state index contributed by atoms with van der Waals surface area (Å²) in [5.74, 6) is 0.789. The van der Waals surface area contributed by atoms with Gasteiger partial charge >= 0.3 is 0 Å². The Morgan fingerprint density at radius 1 is 1.67 bits per heavy atom. The highest BCUT2D eigenvalue weighted by molar-refractivity contribution is 4.94. The molecule has 0 heterocycles. The van der Waals surface area contributed by atoms with Gasteiger partial charge in [0.1, 0.15) is 0 Å². The van der Waals surface area contributed by atoms with E-state index in [9.17, 15) is 4.39 Å². The average molecular weight is 128 g/mol. The summed E-state index contributed by atoms with van der Waals surface area (Å²) in [7, 11) is 0. The van der Waals surface area contributed by atoms with Gasteiger partial charge in [0.2, 0.25) is 0 Å². The van der Waals surface area contributed by atoms with E-state index in [2.05, 4.69) is 6.92 Å². The Hall–Kier alpha value is -0.330. The summed E-state index contributed by atoms with van der Waals surface area (Å²) in [5.41, 5.74) is 0. The van der Waals surface area contributed by atoms with Gasteiger partial charge in [-0.1, -0.05) is 19.4 Å². The number of halogens is 1. The van der Waals surface area contributed by atoms with Crippen molar-refractivity contribution in [3.63, 3.8) is 0 Å². The van der Waals surface area contributed by atoms with Crippen molar-refractivity contribution >= 4 is 0 Å². The molecule has 52 valence electrons. The summed E-state index contributed by atoms with van der Waals surface area (Å²) in [6, 6.07) is 0. The first-order valence-electron chi connectivity index (χ1n) is 3.63. The maximum absolute atomic E-state index is 12.5. The lowest BCUT2D eigenvalue weighted by Crippen LogP contribution is -1.88. The minimum absolute atomic E-state index is 0.0966. The van der Waals surface area contributed by atoms with Gasteiger partial charge < -0.3 is 0 Å². The molecule has 0 aromatic heterocycles. The molecular weight excluding hydrogens is 115 g/mol. The fraction of sp³-hybridized carbons (Fsp3) is 0.750. The fourth-order valence-corrected chi connectivity index (χ4v) is 1.17. The van der Waals surface area contributed by atoms with Crippen LogP contribution < -0.4 is 0 Å². The van der Waals surface area contributed by atoms with E-state index in [4.69, 9.17) is 0 Å². The molecule has 0 N–H and O–H groups in total. The zero-order valence-electron chi connectivity index (χ0n) is 5.86. The van der Waals surface area contributed by atoms with Crippen LogP contribution in [0.25, 0.3) is 0 Å². The predicted octanol–water partition coefficient (Wildman–Crippen LogP) is 3.05. The lowest BCUT2D eigenvalue weighted by Gasteiger charge is -2.01. The van der Waals surface area contributed by atoms with Gasteiger partial charge in [0.15, 0.2) is 0 Å². The van der Waals surface area contributed by atoms with E-state index >= 15 is 0 Å². The largest absolute Gasteiger partial charge is 0.212 e. The number of hydrogen-bond acceptors (Lipinski definition) is 0. The summed E-state index contributed by atoms with van der Waals surface area (Å²) < 4.78 is 12.5. The van der Waals surface area contributed by atoms with E-state index < -0.39 is 0 Å². The third-order valence-corrected chi connectivity index (χ3v) is 1.85. The number of rotatable bonds is 0. The Morgan fingerprint density at radius 3 is 3.22 bits per heavy atom. The van der Waals surface area contributed by atoms with Crippen LogP contribution in [0.4, 0.5) is 4.39 Å². The molecule has 1 heteroatoms. The second-order valence-electron chi connectivity index (χ2n) is 2.88. The molecule has 0 amide bonds. The standard InChI is InChI=1S/C8H13F/c1-7-3-2-4-8(9)6-5-7/h6-7H,2-5H2,1H3. The number of allylic oxidation sites excluding steroid dienone is 2. The van der Waals surface area contributed by atoms with Crippen LogP contribution in [0.3, 0.4) is 0 Å². The molecule has 0 nitrogen and oxygen atoms in total. The number of hydrogen-bond donors (Lipinski definition) is 0. The average Bonchev–Trinajstić information content (AvgIpc) is 1.97. The topological polar surface area (TPSA) is 0 Å². The van der Waals surface area contributed by atoms with Crippen LogP contribution in [-0.4, -0.2) is 0 Å². The maximum atomic E-state index is 12.5. The van der Waals surface area contributed by atoms with E-state index in [1.54, 1.807) is 6.08 Å². The molecule has 0 saturated heterocycles. The van der Waals surface area contributed by atoms with Gasteiger partial charge in [0.25, 0.3) is 0 Å². The zero-order valence-corrected chi connectivity index (χ0v) is 5.86. The molecule has 9 heavy (non-hydrogen) atoms. The molecular formula is C8H13F. The Bertz CT molecular complexity index is 116. The smallest absolute Gasteiger partial charge is 0.0959 e. The van der Waals surface area contributed by atoms with Gasteiger partial charge in [-0.2, -0.15) is 0 Å². The van der Waals surface area contributed by atoms with Crippen molar-refractivity contribution in [3.05, 3.63) is 11.9 Å². The van der Waals surface area contributed by atoms with Gasteiger partial charge in [-0.25, -0.2) is 4.39 Å². The first-order valence-corrected chi connectivity index (χ1v) is 3.63. The van der Waals surface area contributed by atoms with Crippen molar-refractivity contribution in [3.8, 4) is 0 Å². The van der Waals surface area contributed by atoms with Crippen LogP contribution >= 0.6 is 0 Å².